The highest BCUT2D eigenvalue weighted by Crippen LogP contribution is 2.38. The molecule has 5 heteroatoms. The van der Waals surface area contributed by atoms with Crippen LogP contribution in [0.3, 0.4) is 0 Å². The van der Waals surface area contributed by atoms with Crippen LogP contribution in [0.1, 0.15) is 58.9 Å². The summed E-state index contributed by atoms with van der Waals surface area (Å²) in [4.78, 5) is 16.8. The molecule has 2 fully saturated rings. The molecule has 1 aromatic heterocycles. The summed E-state index contributed by atoms with van der Waals surface area (Å²) in [6, 6.07) is 6.81. The van der Waals surface area contributed by atoms with Gasteiger partial charge in [0.15, 0.2) is 5.88 Å². The summed E-state index contributed by atoms with van der Waals surface area (Å²) in [5.74, 6) is 0.634. The SMILES string of the molecule is CC(C)(C)C(=O)N1CCN(c2ccc3cn(C4CCCCC4)c(O)c3c2)CC1. The fourth-order valence-corrected chi connectivity index (χ4v) is 4.68. The summed E-state index contributed by atoms with van der Waals surface area (Å²) < 4.78 is 2.09. The molecule has 152 valence electrons. The summed E-state index contributed by atoms with van der Waals surface area (Å²) >= 11 is 0. The van der Waals surface area contributed by atoms with Crippen LogP contribution in [0.2, 0.25) is 0 Å². The van der Waals surface area contributed by atoms with Gasteiger partial charge >= 0.3 is 0 Å². The van der Waals surface area contributed by atoms with Crippen LogP contribution in [0.5, 0.6) is 5.88 Å². The Kier molecular flexibility index (Phi) is 5.02. The van der Waals surface area contributed by atoms with Gasteiger partial charge in [-0.2, -0.15) is 0 Å². The number of piperazine rings is 1. The highest BCUT2D eigenvalue weighted by atomic mass is 16.3. The van der Waals surface area contributed by atoms with E-state index in [4.69, 9.17) is 0 Å². The summed E-state index contributed by atoms with van der Waals surface area (Å²) in [5, 5.41) is 12.9. The Morgan fingerprint density at radius 2 is 1.71 bits per heavy atom. The molecule has 1 amide bonds. The van der Waals surface area contributed by atoms with Crippen LogP contribution in [0.25, 0.3) is 10.8 Å². The number of aromatic nitrogens is 1. The summed E-state index contributed by atoms with van der Waals surface area (Å²) in [6.45, 7) is 9.11. The zero-order valence-corrected chi connectivity index (χ0v) is 17.4. The Morgan fingerprint density at radius 3 is 2.36 bits per heavy atom. The topological polar surface area (TPSA) is 48.7 Å². The van der Waals surface area contributed by atoms with E-state index in [2.05, 4.69) is 33.9 Å². The second-order valence-corrected chi connectivity index (χ2v) is 9.45. The molecule has 2 aliphatic rings. The number of hydrogen-bond donors (Lipinski definition) is 1. The summed E-state index contributed by atoms with van der Waals surface area (Å²) in [5.41, 5.74) is 0.807. The van der Waals surface area contributed by atoms with E-state index >= 15 is 0 Å². The molecule has 0 radical (unpaired) electrons. The van der Waals surface area contributed by atoms with Gasteiger partial charge in [-0.25, -0.2) is 0 Å². The Balaban J connectivity index is 1.51. The molecule has 0 bridgehead atoms. The van der Waals surface area contributed by atoms with Gasteiger partial charge in [-0.05, 0) is 25.0 Å². The standard InChI is InChI=1S/C23H33N3O2/c1-23(2,3)22(28)25-13-11-24(12-14-25)19-10-9-17-16-26(21(27)20(17)15-19)18-7-5-4-6-8-18/h9-10,15-16,18,27H,4-8,11-14H2,1-3H3. The second-order valence-electron chi connectivity index (χ2n) is 9.45. The molecule has 4 rings (SSSR count). The molecule has 0 atom stereocenters. The van der Waals surface area contributed by atoms with Gasteiger partial charge in [0, 0.05) is 60.3 Å². The third-order valence-corrected chi connectivity index (χ3v) is 6.34. The number of carbonyl (C=O) groups is 1. The number of amides is 1. The zero-order chi connectivity index (χ0) is 19.9. The van der Waals surface area contributed by atoms with E-state index in [1.54, 1.807) is 0 Å². The summed E-state index contributed by atoms with van der Waals surface area (Å²) in [6.07, 6.45) is 8.25. The Morgan fingerprint density at radius 1 is 1.04 bits per heavy atom. The van der Waals surface area contributed by atoms with Gasteiger partial charge in [0.2, 0.25) is 5.91 Å². The lowest BCUT2D eigenvalue weighted by Crippen LogP contribution is -2.51. The molecule has 1 aliphatic heterocycles. The number of nitrogens with zero attached hydrogens (tertiary/aromatic N) is 3. The van der Waals surface area contributed by atoms with Crippen LogP contribution in [0.4, 0.5) is 5.69 Å². The number of aromatic hydroxyl groups is 1. The zero-order valence-electron chi connectivity index (χ0n) is 17.4. The maximum atomic E-state index is 12.5. The molecule has 0 spiro atoms. The van der Waals surface area contributed by atoms with Crippen molar-refractivity contribution in [3.63, 3.8) is 0 Å². The van der Waals surface area contributed by atoms with Crippen molar-refractivity contribution in [2.45, 2.75) is 58.9 Å². The molecule has 1 saturated heterocycles. The van der Waals surface area contributed by atoms with E-state index < -0.39 is 0 Å². The fourth-order valence-electron chi connectivity index (χ4n) is 4.68. The molecule has 1 aliphatic carbocycles. The van der Waals surface area contributed by atoms with Gasteiger partial charge in [-0.15, -0.1) is 0 Å². The average Bonchev–Trinajstić information content (AvgIpc) is 3.03. The first-order valence-corrected chi connectivity index (χ1v) is 10.7. The van der Waals surface area contributed by atoms with Crippen LogP contribution in [0.15, 0.2) is 24.4 Å². The van der Waals surface area contributed by atoms with E-state index in [1.807, 2.05) is 25.7 Å². The maximum Gasteiger partial charge on any atom is 0.228 e. The van der Waals surface area contributed by atoms with Gasteiger partial charge in [0.25, 0.3) is 0 Å². The van der Waals surface area contributed by atoms with E-state index in [1.165, 1.54) is 19.3 Å². The highest BCUT2D eigenvalue weighted by molar-refractivity contribution is 5.91. The quantitative estimate of drug-likeness (QED) is 0.828. The van der Waals surface area contributed by atoms with Gasteiger partial charge in [0.05, 0.1) is 0 Å². The van der Waals surface area contributed by atoms with Crippen LogP contribution in [-0.2, 0) is 4.79 Å². The number of benzene rings is 1. The first kappa shape index (κ1) is 19.2. The summed E-state index contributed by atoms with van der Waals surface area (Å²) in [7, 11) is 0. The third-order valence-electron chi connectivity index (χ3n) is 6.34. The Labute approximate surface area is 167 Å². The number of fused-ring (bicyclic) bond motifs is 1. The number of anilines is 1. The van der Waals surface area contributed by atoms with Crippen molar-refractivity contribution in [2.24, 2.45) is 5.41 Å². The minimum Gasteiger partial charge on any atom is -0.494 e. The van der Waals surface area contributed by atoms with Crippen LogP contribution in [-0.4, -0.2) is 46.7 Å². The second kappa shape index (κ2) is 7.34. The maximum absolute atomic E-state index is 12.5. The predicted molar refractivity (Wildman–Crippen MR) is 114 cm³/mol. The minimum atomic E-state index is -0.325. The lowest BCUT2D eigenvalue weighted by molar-refractivity contribution is -0.139. The van der Waals surface area contributed by atoms with Crippen LogP contribution >= 0.6 is 0 Å². The van der Waals surface area contributed by atoms with Crippen molar-refractivity contribution in [3.05, 3.63) is 24.4 Å². The van der Waals surface area contributed by atoms with Gasteiger partial charge < -0.3 is 19.5 Å². The van der Waals surface area contributed by atoms with E-state index in [9.17, 15) is 9.90 Å². The predicted octanol–water partition coefficient (Wildman–Crippen LogP) is 4.55. The molecule has 1 N–H and O–H groups in total. The van der Waals surface area contributed by atoms with Gasteiger partial charge in [-0.3, -0.25) is 4.79 Å². The molecule has 2 heterocycles. The molecule has 28 heavy (non-hydrogen) atoms. The van der Waals surface area contributed by atoms with Crippen molar-refractivity contribution in [1.82, 2.24) is 9.47 Å². The lowest BCUT2D eigenvalue weighted by atomic mass is 9.94. The van der Waals surface area contributed by atoms with Crippen molar-refractivity contribution < 1.29 is 9.90 Å². The van der Waals surface area contributed by atoms with E-state index in [0.717, 1.165) is 55.5 Å². The van der Waals surface area contributed by atoms with Crippen LogP contribution in [0, 0.1) is 5.41 Å². The van der Waals surface area contributed by atoms with Crippen molar-refractivity contribution in [3.8, 4) is 5.88 Å². The van der Waals surface area contributed by atoms with Crippen molar-refractivity contribution in [1.29, 1.82) is 0 Å². The molecular weight excluding hydrogens is 350 g/mol. The lowest BCUT2D eigenvalue weighted by Gasteiger charge is -2.38. The van der Waals surface area contributed by atoms with Crippen LogP contribution < -0.4 is 4.90 Å². The average molecular weight is 384 g/mol. The highest BCUT2D eigenvalue weighted by Gasteiger charge is 2.30. The van der Waals surface area contributed by atoms with E-state index in [0.29, 0.717) is 11.9 Å². The first-order valence-electron chi connectivity index (χ1n) is 10.7. The van der Waals surface area contributed by atoms with Gasteiger partial charge in [-0.1, -0.05) is 46.1 Å². The largest absolute Gasteiger partial charge is 0.494 e. The normalized spacial score (nSPS) is 19.4. The molecule has 5 nitrogen and oxygen atoms in total. The monoisotopic (exact) mass is 383 g/mol. The Hall–Kier alpha value is -2.17. The Bertz CT molecular complexity index is 851. The smallest absolute Gasteiger partial charge is 0.228 e. The minimum absolute atomic E-state index is 0.227. The molecular formula is C23H33N3O2. The van der Waals surface area contributed by atoms with Gasteiger partial charge in [0.1, 0.15) is 0 Å². The third kappa shape index (κ3) is 3.59. The molecule has 2 aromatic rings. The molecule has 0 unspecified atom stereocenters. The number of rotatable bonds is 2. The fraction of sp³-hybridized carbons (Fsp3) is 0.609. The number of hydrogen-bond acceptors (Lipinski definition) is 3. The van der Waals surface area contributed by atoms with Crippen molar-refractivity contribution >= 4 is 22.4 Å². The first-order chi connectivity index (χ1) is 13.3. The van der Waals surface area contributed by atoms with E-state index in [-0.39, 0.29) is 11.3 Å². The molecule has 1 saturated carbocycles. The molecule has 1 aromatic carbocycles. The van der Waals surface area contributed by atoms with Crippen molar-refractivity contribution in [2.75, 3.05) is 31.1 Å². The number of carbonyl (C=O) groups excluding carboxylic acids is 1.